The first kappa shape index (κ1) is 17.1. The summed E-state index contributed by atoms with van der Waals surface area (Å²) in [5.74, 6) is 0.583. The van der Waals surface area contributed by atoms with Gasteiger partial charge in [-0.1, -0.05) is 19.8 Å². The van der Waals surface area contributed by atoms with Crippen molar-refractivity contribution < 1.29 is 12.6 Å². The van der Waals surface area contributed by atoms with E-state index in [1.165, 1.54) is 11.3 Å². The summed E-state index contributed by atoms with van der Waals surface area (Å²) in [6, 6.07) is 1.52. The third-order valence-corrected chi connectivity index (χ3v) is 8.96. The van der Waals surface area contributed by atoms with Crippen molar-refractivity contribution >= 4 is 32.2 Å². The van der Waals surface area contributed by atoms with Crippen LogP contribution in [0.15, 0.2) is 10.3 Å². The Morgan fingerprint density at radius 1 is 1.33 bits per heavy atom. The van der Waals surface area contributed by atoms with Gasteiger partial charge in [0, 0.05) is 27.5 Å². The van der Waals surface area contributed by atoms with Gasteiger partial charge in [0.15, 0.2) is 0 Å². The third-order valence-electron chi connectivity index (χ3n) is 4.04. The van der Waals surface area contributed by atoms with Crippen LogP contribution in [0.25, 0.3) is 0 Å². The Morgan fingerprint density at radius 2 is 2.00 bits per heavy atom. The highest BCUT2D eigenvalue weighted by Crippen LogP contribution is 2.28. The summed E-state index contributed by atoms with van der Waals surface area (Å²) in [4.78, 5) is 1.02. The van der Waals surface area contributed by atoms with Crippen LogP contribution in [0.5, 0.6) is 0 Å². The highest BCUT2D eigenvalue weighted by molar-refractivity contribution is 7.91. The lowest BCUT2D eigenvalue weighted by molar-refractivity contribution is 0.417. The van der Waals surface area contributed by atoms with Crippen LogP contribution in [-0.4, -0.2) is 29.7 Å². The highest BCUT2D eigenvalue weighted by Gasteiger charge is 2.33. The molecule has 0 saturated heterocycles. The van der Waals surface area contributed by atoms with E-state index >= 15 is 0 Å². The molecule has 0 aliphatic heterocycles. The minimum atomic E-state index is -3.50. The molecular formula is C14H23NO3S3. The highest BCUT2D eigenvalue weighted by atomic mass is 32.2. The Balaban J connectivity index is 2.19. The molecule has 3 atom stereocenters. The van der Waals surface area contributed by atoms with Crippen LogP contribution in [0.4, 0.5) is 0 Å². The molecular weight excluding hydrogens is 326 g/mol. The molecule has 1 fully saturated rings. The van der Waals surface area contributed by atoms with Crippen LogP contribution >= 0.6 is 11.3 Å². The van der Waals surface area contributed by atoms with Gasteiger partial charge < -0.3 is 0 Å². The third kappa shape index (κ3) is 3.94. The molecule has 1 heterocycles. The van der Waals surface area contributed by atoms with Crippen LogP contribution in [-0.2, 0) is 20.8 Å². The van der Waals surface area contributed by atoms with Crippen LogP contribution in [0, 0.1) is 13.8 Å². The fourth-order valence-electron chi connectivity index (χ4n) is 2.69. The summed E-state index contributed by atoms with van der Waals surface area (Å²) in [6.07, 6.45) is 3.65. The topological polar surface area (TPSA) is 63.2 Å². The Morgan fingerprint density at radius 3 is 2.57 bits per heavy atom. The van der Waals surface area contributed by atoms with E-state index in [9.17, 15) is 12.6 Å². The summed E-state index contributed by atoms with van der Waals surface area (Å²) in [5, 5.41) is -0.0549. The minimum Gasteiger partial charge on any atom is -0.259 e. The van der Waals surface area contributed by atoms with Crippen LogP contribution in [0.2, 0.25) is 0 Å². The van der Waals surface area contributed by atoms with Crippen molar-refractivity contribution in [1.82, 2.24) is 4.72 Å². The fourth-order valence-corrected chi connectivity index (χ4v) is 7.05. The molecule has 0 radical (unpaired) electrons. The molecule has 1 aliphatic rings. The van der Waals surface area contributed by atoms with E-state index in [1.54, 1.807) is 6.07 Å². The summed E-state index contributed by atoms with van der Waals surface area (Å²) < 4.78 is 40.4. The molecule has 0 bridgehead atoms. The first-order valence-electron chi connectivity index (χ1n) is 7.31. The van der Waals surface area contributed by atoms with Crippen molar-refractivity contribution in [2.24, 2.45) is 0 Å². The first-order valence-corrected chi connectivity index (χ1v) is 11.0. The van der Waals surface area contributed by atoms with Crippen LogP contribution in [0.3, 0.4) is 0 Å². The van der Waals surface area contributed by atoms with Gasteiger partial charge in [0.2, 0.25) is 10.0 Å². The Labute approximate surface area is 133 Å². The van der Waals surface area contributed by atoms with Crippen molar-refractivity contribution in [3.63, 3.8) is 0 Å². The molecule has 1 N–H and O–H groups in total. The average Bonchev–Trinajstić information content (AvgIpc) is 2.79. The van der Waals surface area contributed by atoms with Gasteiger partial charge in [-0.2, -0.15) is 0 Å². The Hall–Kier alpha value is -0.240. The van der Waals surface area contributed by atoms with Crippen molar-refractivity contribution in [2.45, 2.75) is 62.0 Å². The van der Waals surface area contributed by atoms with E-state index in [0.29, 0.717) is 9.96 Å². The maximum Gasteiger partial charge on any atom is 0.250 e. The van der Waals surface area contributed by atoms with Gasteiger partial charge in [-0.15, -0.1) is 11.3 Å². The zero-order valence-corrected chi connectivity index (χ0v) is 15.2. The average molecular weight is 350 g/mol. The van der Waals surface area contributed by atoms with E-state index in [2.05, 4.69) is 4.72 Å². The summed E-state index contributed by atoms with van der Waals surface area (Å²) in [6.45, 7) is 5.73. The number of nitrogens with one attached hydrogen (secondary N) is 1. The molecule has 1 aromatic heterocycles. The molecule has 120 valence electrons. The zero-order chi connectivity index (χ0) is 15.6. The summed E-state index contributed by atoms with van der Waals surface area (Å²) in [7, 11) is -4.46. The van der Waals surface area contributed by atoms with Gasteiger partial charge in [0.05, 0.1) is 5.25 Å². The second-order valence-electron chi connectivity index (χ2n) is 5.52. The zero-order valence-electron chi connectivity index (χ0n) is 12.7. The lowest BCUT2D eigenvalue weighted by Crippen LogP contribution is -2.47. The molecule has 4 nitrogen and oxygen atoms in total. The number of rotatable bonds is 5. The second kappa shape index (κ2) is 6.89. The maximum atomic E-state index is 12.5. The number of sulfonamides is 1. The number of hydrogen-bond acceptors (Lipinski definition) is 4. The van der Waals surface area contributed by atoms with E-state index in [4.69, 9.17) is 0 Å². The maximum absolute atomic E-state index is 12.5. The van der Waals surface area contributed by atoms with Crippen LogP contribution in [0.1, 0.15) is 43.0 Å². The molecule has 1 saturated carbocycles. The summed E-state index contributed by atoms with van der Waals surface area (Å²) in [5.41, 5.74) is 0.998. The largest absolute Gasteiger partial charge is 0.259 e. The Bertz CT molecular complexity index is 602. The lowest BCUT2D eigenvalue weighted by atomic mass is 9.96. The second-order valence-corrected chi connectivity index (χ2v) is 10.7. The van der Waals surface area contributed by atoms with Gasteiger partial charge >= 0.3 is 0 Å². The molecule has 1 aromatic rings. The first-order chi connectivity index (χ1) is 9.85. The molecule has 21 heavy (non-hydrogen) atoms. The van der Waals surface area contributed by atoms with E-state index < -0.39 is 20.8 Å². The molecule has 0 aromatic carbocycles. The van der Waals surface area contributed by atoms with Crippen molar-refractivity contribution in [1.29, 1.82) is 0 Å². The van der Waals surface area contributed by atoms with Gasteiger partial charge in [-0.3, -0.25) is 4.21 Å². The number of thiophene rings is 1. The molecule has 0 amide bonds. The fraction of sp³-hybridized carbons (Fsp3) is 0.714. The van der Waals surface area contributed by atoms with Crippen molar-refractivity contribution in [2.75, 3.05) is 5.75 Å². The van der Waals surface area contributed by atoms with E-state index in [1.807, 2.05) is 20.8 Å². The molecule has 2 rings (SSSR count). The predicted molar refractivity (Wildman–Crippen MR) is 88.8 cm³/mol. The number of aryl methyl sites for hydroxylation is 2. The van der Waals surface area contributed by atoms with E-state index in [0.717, 1.165) is 36.1 Å². The molecule has 0 spiro atoms. The quantitative estimate of drug-likeness (QED) is 0.889. The normalized spacial score (nSPS) is 24.9. The monoisotopic (exact) mass is 349 g/mol. The lowest BCUT2D eigenvalue weighted by Gasteiger charge is -2.30. The molecule has 1 aliphatic carbocycles. The van der Waals surface area contributed by atoms with Crippen molar-refractivity contribution in [3.8, 4) is 0 Å². The van der Waals surface area contributed by atoms with Gasteiger partial charge in [-0.25, -0.2) is 13.1 Å². The van der Waals surface area contributed by atoms with Gasteiger partial charge in [0.25, 0.3) is 0 Å². The van der Waals surface area contributed by atoms with Crippen LogP contribution < -0.4 is 4.72 Å². The molecule has 7 heteroatoms. The SMILES string of the molecule is CC[S@@](=O)[C@H]1CCCC[C@@H]1NS(=O)(=O)c1cc(C)c(C)s1. The van der Waals surface area contributed by atoms with Gasteiger partial charge in [-0.05, 0) is 38.3 Å². The minimum absolute atomic E-state index is 0.0549. The van der Waals surface area contributed by atoms with E-state index in [-0.39, 0.29) is 11.3 Å². The van der Waals surface area contributed by atoms with Crippen molar-refractivity contribution in [3.05, 3.63) is 16.5 Å². The van der Waals surface area contributed by atoms with Gasteiger partial charge in [0.1, 0.15) is 4.21 Å². The summed E-state index contributed by atoms with van der Waals surface area (Å²) >= 11 is 1.30. The Kier molecular flexibility index (Phi) is 5.62. The standard InChI is InChI=1S/C14H23NO3S3/c1-4-20(16)13-8-6-5-7-12(13)15-21(17,18)14-9-10(2)11(3)19-14/h9,12-13,15H,4-8H2,1-3H3/t12-,13-,20+/m0/s1. The smallest absolute Gasteiger partial charge is 0.250 e. The predicted octanol–water partition coefficient (Wildman–Crippen LogP) is 2.72. The molecule has 0 unspecified atom stereocenters. The number of hydrogen-bond donors (Lipinski definition) is 1.